The van der Waals surface area contributed by atoms with E-state index in [4.69, 9.17) is 16.3 Å². The molecular weight excluding hydrogens is 414 g/mol. The zero-order valence-corrected chi connectivity index (χ0v) is 18.9. The lowest BCUT2D eigenvalue weighted by Gasteiger charge is -2.34. The van der Waals surface area contributed by atoms with Gasteiger partial charge in [-0.1, -0.05) is 29.3 Å². The number of nitrogens with zero attached hydrogens (tertiary/aromatic N) is 2. The van der Waals surface area contributed by atoms with Gasteiger partial charge in [0, 0.05) is 43.4 Å². The summed E-state index contributed by atoms with van der Waals surface area (Å²) in [4.78, 5) is 17.0. The van der Waals surface area contributed by atoms with Gasteiger partial charge in [-0.15, -0.1) is 0 Å². The molecule has 0 aromatic heterocycles. The lowest BCUT2D eigenvalue weighted by atomic mass is 10.1. The molecule has 2 aromatic carbocycles. The van der Waals surface area contributed by atoms with Gasteiger partial charge in [0.05, 0.1) is 22.2 Å². The number of amides is 1. The van der Waals surface area contributed by atoms with Gasteiger partial charge in [-0.3, -0.25) is 15.0 Å². The molecular formula is C22H31N5O3S. The number of aryl methyl sites for hydroxylation is 2. The molecule has 0 spiro atoms. The molecule has 0 aliphatic carbocycles. The van der Waals surface area contributed by atoms with Crippen LogP contribution in [0, 0.1) is 13.8 Å². The number of hydrazine groups is 1. The van der Waals surface area contributed by atoms with E-state index in [0.717, 1.165) is 29.8 Å². The molecule has 1 unspecified atom stereocenters. The monoisotopic (exact) mass is 445 g/mol. The fraction of sp³-hybridized carbons (Fsp3) is 0.409. The summed E-state index contributed by atoms with van der Waals surface area (Å²) in [6.07, 6.45) is -0.286. The highest BCUT2D eigenvalue weighted by Gasteiger charge is 2.22. The number of hydrogen-bond acceptors (Lipinski definition) is 7. The first kappa shape index (κ1) is 23.1. The lowest BCUT2D eigenvalue weighted by Crippen LogP contribution is -2.49. The fourth-order valence-corrected chi connectivity index (χ4v) is 4.80. The Hall–Kier alpha value is -2.62. The minimum absolute atomic E-state index is 0.280. The van der Waals surface area contributed by atoms with Gasteiger partial charge in [-0.25, -0.2) is 4.79 Å². The zero-order valence-electron chi connectivity index (χ0n) is 18.1. The number of nitrogen functional groups attached to an aromatic ring is 2. The summed E-state index contributed by atoms with van der Waals surface area (Å²) in [7, 11) is -1.15. The topological polar surface area (TPSA) is 114 Å². The van der Waals surface area contributed by atoms with Crippen LogP contribution in [0.15, 0.2) is 41.3 Å². The van der Waals surface area contributed by atoms with E-state index in [1.165, 1.54) is 0 Å². The third-order valence-electron chi connectivity index (χ3n) is 5.31. The number of anilines is 2. The maximum absolute atomic E-state index is 12.6. The van der Waals surface area contributed by atoms with Gasteiger partial charge in [0.15, 0.2) is 0 Å². The Morgan fingerprint density at radius 2 is 1.77 bits per heavy atom. The van der Waals surface area contributed by atoms with Crippen molar-refractivity contribution in [2.75, 3.05) is 49.6 Å². The minimum Gasteiger partial charge on any atom is -0.445 e. The molecule has 1 fully saturated rings. The van der Waals surface area contributed by atoms with Crippen LogP contribution in [0.5, 0.6) is 0 Å². The normalized spacial score (nSPS) is 15.5. The van der Waals surface area contributed by atoms with Crippen molar-refractivity contribution in [3.63, 3.8) is 0 Å². The molecule has 168 valence electrons. The summed E-state index contributed by atoms with van der Waals surface area (Å²) in [5, 5.41) is 0. The van der Waals surface area contributed by atoms with Crippen LogP contribution in [0.4, 0.5) is 16.2 Å². The number of nitrogens with two attached hydrogens (primary N) is 2. The molecule has 0 radical (unpaired) electrons. The van der Waals surface area contributed by atoms with Crippen LogP contribution >= 0.6 is 0 Å². The number of benzene rings is 2. The second kappa shape index (κ2) is 10.6. The molecule has 31 heavy (non-hydrogen) atoms. The summed E-state index contributed by atoms with van der Waals surface area (Å²) < 4.78 is 18.1. The predicted molar refractivity (Wildman–Crippen MR) is 124 cm³/mol. The van der Waals surface area contributed by atoms with Crippen molar-refractivity contribution >= 4 is 28.3 Å². The highest BCUT2D eigenvalue weighted by molar-refractivity contribution is 7.85. The standard InChI is InChI=1S/C22H31N5O3S/c1-16-11-17(2)13-18(12-16)15-30-22(28)27-7-5-26(6-8-27)9-10-31(29)19-3-4-20(23)21(14-19)25-24/h3-4,11-14,25H,5-10,15,23-24H2,1-2H3. The van der Waals surface area contributed by atoms with Crippen molar-refractivity contribution in [3.8, 4) is 0 Å². The van der Waals surface area contributed by atoms with Crippen LogP contribution in [-0.2, 0) is 22.1 Å². The Balaban J connectivity index is 1.42. The first-order chi connectivity index (χ1) is 14.9. The van der Waals surface area contributed by atoms with Crippen LogP contribution in [0.25, 0.3) is 0 Å². The van der Waals surface area contributed by atoms with Crippen molar-refractivity contribution < 1.29 is 13.7 Å². The van der Waals surface area contributed by atoms with Gasteiger partial charge in [-0.2, -0.15) is 0 Å². The molecule has 3 rings (SSSR count). The quantitative estimate of drug-likeness (QED) is 0.340. The second-order valence-corrected chi connectivity index (χ2v) is 9.39. The molecule has 2 aromatic rings. The Kier molecular flexibility index (Phi) is 7.89. The summed E-state index contributed by atoms with van der Waals surface area (Å²) in [6, 6.07) is 11.3. The van der Waals surface area contributed by atoms with E-state index in [1.807, 2.05) is 26.0 Å². The van der Waals surface area contributed by atoms with Crippen molar-refractivity contribution in [2.45, 2.75) is 25.3 Å². The molecule has 1 atom stereocenters. The molecule has 1 amide bonds. The highest BCUT2D eigenvalue weighted by Crippen LogP contribution is 2.21. The zero-order chi connectivity index (χ0) is 22.4. The van der Waals surface area contributed by atoms with E-state index in [9.17, 15) is 9.00 Å². The van der Waals surface area contributed by atoms with Crippen LogP contribution in [0.1, 0.15) is 16.7 Å². The summed E-state index contributed by atoms with van der Waals surface area (Å²) in [5.74, 6) is 5.94. The number of carbonyl (C=O) groups excluding carboxylic acids is 1. The third-order valence-corrected chi connectivity index (χ3v) is 6.64. The number of carbonyl (C=O) groups is 1. The SMILES string of the molecule is Cc1cc(C)cc(COC(=O)N2CCN(CCS(=O)c3ccc(N)c(NN)c3)CC2)c1. The smallest absolute Gasteiger partial charge is 0.410 e. The van der Waals surface area contributed by atoms with Crippen LogP contribution in [-0.4, -0.2) is 58.6 Å². The minimum atomic E-state index is -1.15. The van der Waals surface area contributed by atoms with Gasteiger partial charge in [-0.05, 0) is 37.6 Å². The Morgan fingerprint density at radius 1 is 1.10 bits per heavy atom. The first-order valence-electron chi connectivity index (χ1n) is 10.3. The van der Waals surface area contributed by atoms with Gasteiger partial charge in [0.1, 0.15) is 6.61 Å². The molecule has 5 N–H and O–H groups in total. The largest absolute Gasteiger partial charge is 0.445 e. The second-order valence-electron chi connectivity index (χ2n) is 7.82. The molecule has 8 nitrogen and oxygen atoms in total. The fourth-order valence-electron chi connectivity index (χ4n) is 3.67. The first-order valence-corrected chi connectivity index (χ1v) is 11.6. The van der Waals surface area contributed by atoms with E-state index < -0.39 is 10.8 Å². The number of hydrogen-bond donors (Lipinski definition) is 3. The van der Waals surface area contributed by atoms with Gasteiger partial charge in [0.2, 0.25) is 0 Å². The van der Waals surface area contributed by atoms with Gasteiger partial charge >= 0.3 is 6.09 Å². The van der Waals surface area contributed by atoms with E-state index in [0.29, 0.717) is 41.7 Å². The Morgan fingerprint density at radius 3 is 2.42 bits per heavy atom. The van der Waals surface area contributed by atoms with Crippen molar-refractivity contribution in [3.05, 3.63) is 53.1 Å². The van der Waals surface area contributed by atoms with Crippen molar-refractivity contribution in [1.82, 2.24) is 9.80 Å². The third kappa shape index (κ3) is 6.43. The molecule has 0 bridgehead atoms. The summed E-state index contributed by atoms with van der Waals surface area (Å²) >= 11 is 0. The molecule has 0 saturated carbocycles. The van der Waals surface area contributed by atoms with Crippen molar-refractivity contribution in [1.29, 1.82) is 0 Å². The molecule has 1 heterocycles. The van der Waals surface area contributed by atoms with Gasteiger partial charge in [0.25, 0.3) is 0 Å². The maximum atomic E-state index is 12.6. The van der Waals surface area contributed by atoms with E-state index >= 15 is 0 Å². The molecule has 9 heteroatoms. The van der Waals surface area contributed by atoms with E-state index in [2.05, 4.69) is 16.4 Å². The lowest BCUT2D eigenvalue weighted by molar-refractivity contribution is 0.0730. The Bertz CT molecular complexity index is 924. The summed E-state index contributed by atoms with van der Waals surface area (Å²) in [5.41, 5.74) is 12.7. The molecule has 1 saturated heterocycles. The number of nitrogens with one attached hydrogen (secondary N) is 1. The number of piperazine rings is 1. The van der Waals surface area contributed by atoms with Gasteiger partial charge < -0.3 is 20.8 Å². The Labute approximate surface area is 186 Å². The molecule has 1 aliphatic rings. The van der Waals surface area contributed by atoms with E-state index in [1.54, 1.807) is 23.1 Å². The van der Waals surface area contributed by atoms with Crippen LogP contribution in [0.3, 0.4) is 0 Å². The predicted octanol–water partition coefficient (Wildman–Crippen LogP) is 2.23. The number of rotatable bonds is 7. The van der Waals surface area contributed by atoms with Crippen LogP contribution in [0.2, 0.25) is 0 Å². The highest BCUT2D eigenvalue weighted by atomic mass is 32.2. The maximum Gasteiger partial charge on any atom is 0.410 e. The van der Waals surface area contributed by atoms with E-state index in [-0.39, 0.29) is 12.7 Å². The summed E-state index contributed by atoms with van der Waals surface area (Å²) in [6.45, 7) is 7.69. The van der Waals surface area contributed by atoms with Crippen molar-refractivity contribution in [2.24, 2.45) is 5.84 Å². The number of ether oxygens (including phenoxy) is 1. The van der Waals surface area contributed by atoms with Crippen LogP contribution < -0.4 is 17.0 Å². The average Bonchev–Trinajstić information content (AvgIpc) is 2.76. The molecule has 1 aliphatic heterocycles. The average molecular weight is 446 g/mol.